The fraction of sp³-hybridized carbons (Fsp3) is 0.371. The van der Waals surface area contributed by atoms with Crippen molar-refractivity contribution < 1.29 is 45.0 Å². The number of hydrogen-bond acceptors (Lipinski definition) is 8. The van der Waals surface area contributed by atoms with Crippen molar-refractivity contribution in [2.75, 3.05) is 26.4 Å². The lowest BCUT2D eigenvalue weighted by molar-refractivity contribution is -0.144. The van der Waals surface area contributed by atoms with Crippen LogP contribution in [0.1, 0.15) is 160 Å². The highest BCUT2D eigenvalue weighted by molar-refractivity contribution is 5.72. The summed E-state index contributed by atoms with van der Waals surface area (Å²) in [5, 5.41) is 18.6. The first kappa shape index (κ1) is 62.1. The molecule has 9 heteroatoms. The number of carbonyl (C=O) groups excluding carboxylic acids is 2. The van der Waals surface area contributed by atoms with Crippen LogP contribution >= 0.6 is 0 Å². The molecule has 386 valence electrons. The van der Waals surface area contributed by atoms with Crippen LogP contribution < -0.4 is 9.47 Å². The molecule has 6 aromatic rings. The number of carbonyl (C=O) groups is 3. The van der Waals surface area contributed by atoms with Crippen LogP contribution in [0.2, 0.25) is 0 Å². The number of phenols is 1. The van der Waals surface area contributed by atoms with Gasteiger partial charge in [0.1, 0.15) is 17.2 Å². The second kappa shape index (κ2) is 36.1. The number of hydrogen-bond donors (Lipinski definition) is 2. The average molecular weight is 973 g/mol. The van der Waals surface area contributed by atoms with E-state index in [1.54, 1.807) is 19.1 Å². The molecule has 0 bridgehead atoms. The monoisotopic (exact) mass is 973 g/mol. The van der Waals surface area contributed by atoms with Crippen molar-refractivity contribution in [2.24, 2.45) is 0 Å². The predicted octanol–water partition coefficient (Wildman–Crippen LogP) is 15.7. The number of carboxylic acids is 1. The van der Waals surface area contributed by atoms with Crippen LogP contribution in [0.5, 0.6) is 17.2 Å². The number of aromatic hydroxyl groups is 1. The first-order chi connectivity index (χ1) is 33.1. The van der Waals surface area contributed by atoms with Gasteiger partial charge in [0, 0.05) is 17.8 Å². The highest BCUT2D eigenvalue weighted by Crippen LogP contribution is 2.32. The number of benzene rings is 6. The number of carboxylic acid groups (broad SMARTS) is 1. The number of esters is 2. The van der Waals surface area contributed by atoms with E-state index in [0.29, 0.717) is 26.1 Å². The second-order valence-corrected chi connectivity index (χ2v) is 16.3. The standard InChI is InChI=1S/C22H28O3.C20H24O3.C17H18O3.3CH4.H/c1-3-5-9-16-25-20-14-12-19(13-15-20)21(17-22(23)24-4-2)18-10-7-6-8-11-18;1-2-3-7-14-23-18-12-10-17(11-13-18)19(15-20(21)22)16-8-5-4-6-9-16;1-2-20-17(19)12-16(13-6-4-3-5-7-13)14-8-10-15(18)11-9-14;;;;/h6-8,10-15,21H,3-5,9,16-17H2,1-2H3;4-6,8-13,19H,2-3,7,14-15H2,1H3,(H,21,22);3-11,16,18H,2,12H2,1H3;3*1H4;/q;;;;;;-1/i;;;;;;1+1. The van der Waals surface area contributed by atoms with E-state index in [0.717, 1.165) is 70.9 Å². The van der Waals surface area contributed by atoms with Gasteiger partial charge in [-0.15, -0.1) is 0 Å². The van der Waals surface area contributed by atoms with Gasteiger partial charge in [-0.3, -0.25) is 14.4 Å². The molecule has 0 amide bonds. The molecule has 0 fully saturated rings. The van der Waals surface area contributed by atoms with Gasteiger partial charge in [0.05, 0.1) is 45.7 Å². The van der Waals surface area contributed by atoms with Gasteiger partial charge in [-0.2, -0.15) is 0 Å². The SMILES string of the molecule is C.C.C.CCCCCOc1ccc(C(CC(=O)O)c2ccccc2)cc1.CCCCCOc1ccc(C(CC(=O)OCC)c2ccccc2)cc1.CCOC(=O)CC(c1ccccc1)c1ccc(O)cc1.[2H-]. The van der Waals surface area contributed by atoms with Crippen LogP contribution in [-0.4, -0.2) is 54.5 Å². The molecular formula is C62H83O9-. The zero-order valence-corrected chi connectivity index (χ0v) is 40.3. The van der Waals surface area contributed by atoms with Gasteiger partial charge in [0.15, 0.2) is 0 Å². The van der Waals surface area contributed by atoms with Crippen LogP contribution in [0.15, 0.2) is 164 Å². The molecule has 2 N–H and O–H groups in total. The maximum Gasteiger partial charge on any atom is 0.306 e. The Morgan fingerprint density at radius 3 is 1.01 bits per heavy atom. The van der Waals surface area contributed by atoms with Crippen molar-refractivity contribution >= 4 is 17.9 Å². The Bertz CT molecular complexity index is 2290. The summed E-state index contributed by atoms with van der Waals surface area (Å²) < 4.78 is 21.7. The van der Waals surface area contributed by atoms with Gasteiger partial charge in [-0.25, -0.2) is 0 Å². The second-order valence-electron chi connectivity index (χ2n) is 16.3. The van der Waals surface area contributed by atoms with Gasteiger partial charge >= 0.3 is 17.9 Å². The van der Waals surface area contributed by atoms with E-state index < -0.39 is 5.97 Å². The average Bonchev–Trinajstić information content (AvgIpc) is 3.36. The number of unbranched alkanes of at least 4 members (excludes halogenated alkanes) is 4. The smallest absolute Gasteiger partial charge is 0.306 e. The van der Waals surface area contributed by atoms with Crippen LogP contribution in [-0.2, 0) is 23.9 Å². The molecule has 0 aliphatic heterocycles. The lowest BCUT2D eigenvalue weighted by Gasteiger charge is -2.18. The Morgan fingerprint density at radius 2 is 0.718 bits per heavy atom. The first-order valence-electron chi connectivity index (χ1n) is 24.1. The summed E-state index contributed by atoms with van der Waals surface area (Å²) in [5.41, 5.74) is 6.28. The van der Waals surface area contributed by atoms with Gasteiger partial charge in [0.2, 0.25) is 0 Å². The van der Waals surface area contributed by atoms with Gasteiger partial charge in [-0.1, -0.05) is 189 Å². The summed E-state index contributed by atoms with van der Waals surface area (Å²) in [6, 6.07) is 52.5. The van der Waals surface area contributed by atoms with E-state index in [-0.39, 0.29) is 65.6 Å². The third-order valence-corrected chi connectivity index (χ3v) is 11.2. The van der Waals surface area contributed by atoms with E-state index in [2.05, 4.69) is 26.0 Å². The summed E-state index contributed by atoms with van der Waals surface area (Å²) in [4.78, 5) is 35.0. The van der Waals surface area contributed by atoms with Crippen molar-refractivity contribution in [3.63, 3.8) is 0 Å². The van der Waals surface area contributed by atoms with E-state index in [1.807, 2.05) is 146 Å². The summed E-state index contributed by atoms with van der Waals surface area (Å²) in [5.74, 6) is 0.559. The summed E-state index contributed by atoms with van der Waals surface area (Å²) in [6.45, 7) is 10.3. The molecule has 9 nitrogen and oxygen atoms in total. The summed E-state index contributed by atoms with van der Waals surface area (Å²) >= 11 is 0. The van der Waals surface area contributed by atoms with Crippen LogP contribution in [0.4, 0.5) is 0 Å². The van der Waals surface area contributed by atoms with Crippen molar-refractivity contribution in [2.45, 2.75) is 126 Å². The Kier molecular flexibility index (Phi) is 31.6. The van der Waals surface area contributed by atoms with E-state index in [4.69, 9.17) is 18.9 Å². The fourth-order valence-electron chi connectivity index (χ4n) is 7.67. The molecule has 0 aliphatic rings. The minimum atomic E-state index is -0.793. The molecule has 3 atom stereocenters. The van der Waals surface area contributed by atoms with Crippen molar-refractivity contribution in [1.82, 2.24) is 0 Å². The first-order valence-corrected chi connectivity index (χ1v) is 24.1. The van der Waals surface area contributed by atoms with Gasteiger partial charge < -0.3 is 30.6 Å². The third kappa shape index (κ3) is 23.1. The van der Waals surface area contributed by atoms with E-state index in [1.165, 1.54) is 25.7 Å². The molecule has 0 saturated carbocycles. The zero-order valence-electron chi connectivity index (χ0n) is 41.3. The molecule has 0 aromatic heterocycles. The normalized spacial score (nSPS) is 11.3. The predicted molar refractivity (Wildman–Crippen MR) is 292 cm³/mol. The van der Waals surface area contributed by atoms with Crippen LogP contribution in [0.25, 0.3) is 0 Å². The van der Waals surface area contributed by atoms with Crippen molar-refractivity contribution in [1.29, 1.82) is 0 Å². The highest BCUT2D eigenvalue weighted by atomic mass is 16.5. The van der Waals surface area contributed by atoms with Crippen LogP contribution in [0.3, 0.4) is 0 Å². The molecule has 3 unspecified atom stereocenters. The maximum absolute atomic E-state index is 12.0. The molecule has 6 rings (SSSR count). The van der Waals surface area contributed by atoms with Crippen molar-refractivity contribution in [3.05, 3.63) is 197 Å². The van der Waals surface area contributed by atoms with E-state index >= 15 is 0 Å². The number of ether oxygens (including phenoxy) is 4. The fourth-order valence-corrected chi connectivity index (χ4v) is 7.67. The van der Waals surface area contributed by atoms with Crippen LogP contribution in [0, 0.1) is 0 Å². The minimum absolute atomic E-state index is 0. The molecule has 71 heavy (non-hydrogen) atoms. The summed E-state index contributed by atoms with van der Waals surface area (Å²) in [6.07, 6.45) is 7.58. The third-order valence-electron chi connectivity index (χ3n) is 11.2. The Morgan fingerprint density at radius 1 is 0.423 bits per heavy atom. The quantitative estimate of drug-likeness (QED) is 0.0450. The highest BCUT2D eigenvalue weighted by Gasteiger charge is 2.21. The Hall–Kier alpha value is -6.87. The zero-order chi connectivity index (χ0) is 48.8. The molecule has 0 radical (unpaired) electrons. The Labute approximate surface area is 427 Å². The minimum Gasteiger partial charge on any atom is -1.00 e. The lowest BCUT2D eigenvalue weighted by atomic mass is 9.88. The maximum atomic E-state index is 12.0. The van der Waals surface area contributed by atoms with Gasteiger partial charge in [0.25, 0.3) is 0 Å². The molecule has 6 aromatic carbocycles. The molecule has 0 saturated heterocycles. The lowest BCUT2D eigenvalue weighted by Crippen LogP contribution is -2.11. The number of phenolic OH excluding ortho intramolecular Hbond substituents is 1. The molecule has 0 heterocycles. The summed E-state index contributed by atoms with van der Waals surface area (Å²) in [7, 11) is 0. The number of aliphatic carboxylic acids is 1. The van der Waals surface area contributed by atoms with Gasteiger partial charge in [-0.05, 0) is 96.5 Å². The number of rotatable bonds is 24. The topological polar surface area (TPSA) is 129 Å². The van der Waals surface area contributed by atoms with E-state index in [9.17, 15) is 24.6 Å². The Balaban J connectivity index is 0.00000103. The molecule has 0 aliphatic carbocycles. The molecular weight excluding hydrogens is 889 g/mol. The largest absolute Gasteiger partial charge is 1.00 e. The van der Waals surface area contributed by atoms with Crippen molar-refractivity contribution in [3.8, 4) is 17.2 Å². The molecule has 0 spiro atoms.